The van der Waals surface area contributed by atoms with E-state index in [1.807, 2.05) is 6.07 Å². The predicted molar refractivity (Wildman–Crippen MR) is 106 cm³/mol. The summed E-state index contributed by atoms with van der Waals surface area (Å²) in [4.78, 5) is 4.27. The lowest BCUT2D eigenvalue weighted by Gasteiger charge is -2.14. The van der Waals surface area contributed by atoms with E-state index in [1.165, 1.54) is 19.2 Å². The number of pyridine rings is 1. The molecule has 0 fully saturated rings. The van der Waals surface area contributed by atoms with Gasteiger partial charge in [0.1, 0.15) is 3.70 Å². The standard InChI is InChI=1S/C16H16FIN4O3S/c1-3-4-26(23,24)22-13-7-9(6-12(17)14(13)25-2)10-5-11-15(18)20-21-16(11)19-8-10/h5-8,22H,3-4H2,1-2H3,(H,19,20,21). The van der Waals surface area contributed by atoms with Crippen LogP contribution >= 0.6 is 22.6 Å². The highest BCUT2D eigenvalue weighted by atomic mass is 127. The number of rotatable bonds is 6. The number of halogens is 2. The number of fused-ring (bicyclic) bond motifs is 1. The number of hydrogen-bond donors (Lipinski definition) is 2. The van der Waals surface area contributed by atoms with Gasteiger partial charge in [0, 0.05) is 11.8 Å². The van der Waals surface area contributed by atoms with E-state index in [0.29, 0.717) is 23.2 Å². The molecule has 3 rings (SSSR count). The second-order valence-electron chi connectivity index (χ2n) is 5.59. The molecule has 1 aromatic carbocycles. The molecule has 0 amide bonds. The number of aromatic amines is 1. The van der Waals surface area contributed by atoms with Gasteiger partial charge in [-0.25, -0.2) is 17.8 Å². The van der Waals surface area contributed by atoms with Crippen molar-refractivity contribution in [2.45, 2.75) is 13.3 Å². The minimum absolute atomic E-state index is 0.0536. The summed E-state index contributed by atoms with van der Waals surface area (Å²) in [5, 5.41) is 7.67. The summed E-state index contributed by atoms with van der Waals surface area (Å²) in [5.41, 5.74) is 1.78. The molecule has 3 aromatic rings. The molecule has 138 valence electrons. The van der Waals surface area contributed by atoms with Crippen LogP contribution in [0.4, 0.5) is 10.1 Å². The van der Waals surface area contributed by atoms with Gasteiger partial charge < -0.3 is 4.74 Å². The average Bonchev–Trinajstić information content (AvgIpc) is 2.95. The first-order valence-electron chi connectivity index (χ1n) is 7.72. The summed E-state index contributed by atoms with van der Waals surface area (Å²) in [6, 6.07) is 4.64. The van der Waals surface area contributed by atoms with Gasteiger partial charge in [0.15, 0.2) is 17.2 Å². The summed E-state index contributed by atoms with van der Waals surface area (Å²) >= 11 is 2.07. The van der Waals surface area contributed by atoms with Crippen molar-refractivity contribution < 1.29 is 17.5 Å². The molecule has 0 spiro atoms. The number of nitrogens with one attached hydrogen (secondary N) is 2. The van der Waals surface area contributed by atoms with Gasteiger partial charge in [0.25, 0.3) is 0 Å². The monoisotopic (exact) mass is 490 g/mol. The normalized spacial score (nSPS) is 11.7. The minimum Gasteiger partial charge on any atom is -0.492 e. The van der Waals surface area contributed by atoms with Gasteiger partial charge in [-0.3, -0.25) is 9.82 Å². The fourth-order valence-electron chi connectivity index (χ4n) is 2.56. The van der Waals surface area contributed by atoms with Crippen LogP contribution in [0, 0.1) is 9.52 Å². The number of aromatic nitrogens is 3. The van der Waals surface area contributed by atoms with E-state index in [-0.39, 0.29) is 17.2 Å². The van der Waals surface area contributed by atoms with Crippen LogP contribution in [0.1, 0.15) is 13.3 Å². The Balaban J connectivity index is 2.11. The van der Waals surface area contributed by atoms with E-state index < -0.39 is 15.8 Å². The van der Waals surface area contributed by atoms with Crippen molar-refractivity contribution in [2.24, 2.45) is 0 Å². The van der Waals surface area contributed by atoms with E-state index in [0.717, 1.165) is 9.09 Å². The number of nitrogens with zero attached hydrogens (tertiary/aromatic N) is 2. The summed E-state index contributed by atoms with van der Waals surface area (Å²) in [5.74, 6) is -0.885. The van der Waals surface area contributed by atoms with Gasteiger partial charge in [0.2, 0.25) is 10.0 Å². The second kappa shape index (κ2) is 7.35. The number of benzene rings is 1. The van der Waals surface area contributed by atoms with Crippen LogP contribution < -0.4 is 9.46 Å². The first kappa shape index (κ1) is 18.8. The van der Waals surface area contributed by atoms with E-state index in [1.54, 1.807) is 13.1 Å². The summed E-state index contributed by atoms with van der Waals surface area (Å²) in [7, 11) is -2.31. The van der Waals surface area contributed by atoms with E-state index >= 15 is 0 Å². The van der Waals surface area contributed by atoms with Gasteiger partial charge >= 0.3 is 0 Å². The number of anilines is 1. The first-order chi connectivity index (χ1) is 12.3. The molecule has 0 bridgehead atoms. The molecule has 2 aromatic heterocycles. The van der Waals surface area contributed by atoms with E-state index in [9.17, 15) is 12.8 Å². The van der Waals surface area contributed by atoms with Crippen LogP contribution in [-0.4, -0.2) is 36.5 Å². The fraction of sp³-hybridized carbons (Fsp3) is 0.250. The molecule has 0 unspecified atom stereocenters. The van der Waals surface area contributed by atoms with Crippen LogP contribution in [0.2, 0.25) is 0 Å². The Kier molecular flexibility index (Phi) is 5.32. The van der Waals surface area contributed by atoms with Crippen LogP contribution in [-0.2, 0) is 10.0 Å². The Hall–Kier alpha value is -1.95. The van der Waals surface area contributed by atoms with Crippen molar-refractivity contribution in [1.82, 2.24) is 15.2 Å². The van der Waals surface area contributed by atoms with Gasteiger partial charge in [-0.05, 0) is 52.8 Å². The zero-order valence-corrected chi connectivity index (χ0v) is 17.0. The average molecular weight is 490 g/mol. The predicted octanol–water partition coefficient (Wildman–Crippen LogP) is 3.53. The maximum Gasteiger partial charge on any atom is 0.232 e. The van der Waals surface area contributed by atoms with Crippen molar-refractivity contribution in [3.8, 4) is 16.9 Å². The lowest BCUT2D eigenvalue weighted by Crippen LogP contribution is -2.17. The highest BCUT2D eigenvalue weighted by molar-refractivity contribution is 14.1. The number of methoxy groups -OCH3 is 1. The van der Waals surface area contributed by atoms with Crippen LogP contribution in [0.3, 0.4) is 0 Å². The summed E-state index contributed by atoms with van der Waals surface area (Å²) < 4.78 is 46.9. The maximum absolute atomic E-state index is 14.5. The summed E-state index contributed by atoms with van der Waals surface area (Å²) in [6.07, 6.45) is 2.02. The van der Waals surface area contributed by atoms with Crippen molar-refractivity contribution in [3.63, 3.8) is 0 Å². The van der Waals surface area contributed by atoms with Crippen molar-refractivity contribution in [3.05, 3.63) is 33.9 Å². The quantitative estimate of drug-likeness (QED) is 0.516. The second-order valence-corrected chi connectivity index (χ2v) is 8.46. The maximum atomic E-state index is 14.5. The third-order valence-electron chi connectivity index (χ3n) is 3.69. The topological polar surface area (TPSA) is 97.0 Å². The Morgan fingerprint density at radius 3 is 2.77 bits per heavy atom. The number of sulfonamides is 1. The van der Waals surface area contributed by atoms with Crippen molar-refractivity contribution in [2.75, 3.05) is 17.6 Å². The molecular formula is C16H16FIN4O3S. The molecule has 0 aliphatic heterocycles. The Bertz CT molecular complexity index is 1070. The third kappa shape index (κ3) is 3.75. The Morgan fingerprint density at radius 2 is 2.08 bits per heavy atom. The molecule has 2 N–H and O–H groups in total. The molecule has 7 nitrogen and oxygen atoms in total. The van der Waals surface area contributed by atoms with Crippen molar-refractivity contribution in [1.29, 1.82) is 0 Å². The fourth-order valence-corrected chi connectivity index (χ4v) is 4.22. The SMILES string of the molecule is CCCS(=O)(=O)Nc1cc(-c2cnc3[nH]nc(I)c3c2)cc(F)c1OC. The van der Waals surface area contributed by atoms with E-state index in [4.69, 9.17) is 4.74 Å². The molecule has 0 aliphatic rings. The molecule has 0 radical (unpaired) electrons. The molecule has 0 aliphatic carbocycles. The molecule has 10 heteroatoms. The Morgan fingerprint density at radius 1 is 1.31 bits per heavy atom. The smallest absolute Gasteiger partial charge is 0.232 e. The molecule has 0 atom stereocenters. The van der Waals surface area contributed by atoms with Gasteiger partial charge in [0.05, 0.1) is 23.9 Å². The van der Waals surface area contributed by atoms with E-state index in [2.05, 4.69) is 42.5 Å². The van der Waals surface area contributed by atoms with Crippen LogP contribution in [0.5, 0.6) is 5.75 Å². The van der Waals surface area contributed by atoms with Crippen LogP contribution in [0.15, 0.2) is 24.4 Å². The number of hydrogen-bond acceptors (Lipinski definition) is 5. The Labute approximate surface area is 163 Å². The first-order valence-corrected chi connectivity index (χ1v) is 10.5. The zero-order chi connectivity index (χ0) is 18.9. The van der Waals surface area contributed by atoms with Gasteiger partial charge in [-0.15, -0.1) is 0 Å². The number of H-pyrrole nitrogens is 1. The van der Waals surface area contributed by atoms with Gasteiger partial charge in [-0.1, -0.05) is 6.92 Å². The molecule has 26 heavy (non-hydrogen) atoms. The van der Waals surface area contributed by atoms with Gasteiger partial charge in [-0.2, -0.15) is 5.10 Å². The molecule has 0 saturated heterocycles. The third-order valence-corrected chi connectivity index (χ3v) is 5.99. The molecular weight excluding hydrogens is 474 g/mol. The summed E-state index contributed by atoms with van der Waals surface area (Å²) in [6.45, 7) is 1.75. The number of ether oxygens (including phenoxy) is 1. The zero-order valence-electron chi connectivity index (χ0n) is 14.0. The molecule has 0 saturated carbocycles. The lowest BCUT2D eigenvalue weighted by atomic mass is 10.1. The lowest BCUT2D eigenvalue weighted by molar-refractivity contribution is 0.389. The van der Waals surface area contributed by atoms with Crippen molar-refractivity contribution >= 4 is 49.3 Å². The highest BCUT2D eigenvalue weighted by Gasteiger charge is 2.18. The minimum atomic E-state index is -3.59. The molecule has 2 heterocycles. The largest absolute Gasteiger partial charge is 0.492 e. The van der Waals surface area contributed by atoms with Crippen LogP contribution in [0.25, 0.3) is 22.2 Å². The highest BCUT2D eigenvalue weighted by Crippen LogP contribution is 2.35.